The minimum Gasteiger partial charge on any atom is -0.502 e. The van der Waals surface area contributed by atoms with Crippen LogP contribution in [0.1, 0.15) is 5.56 Å². The van der Waals surface area contributed by atoms with E-state index in [1.54, 1.807) is 19.2 Å². The number of phenols is 1. The van der Waals surface area contributed by atoms with E-state index in [1.807, 2.05) is 0 Å². The molecule has 1 heterocycles. The molecule has 122 valence electrons. The predicted molar refractivity (Wildman–Crippen MR) is 80.3 cm³/mol. The Balaban J connectivity index is 2.11. The summed E-state index contributed by atoms with van der Waals surface area (Å²) in [6, 6.07) is 3.53. The molecule has 22 heavy (non-hydrogen) atoms. The van der Waals surface area contributed by atoms with Gasteiger partial charge in [0, 0.05) is 26.7 Å². The lowest BCUT2D eigenvalue weighted by Gasteiger charge is -2.32. The molecule has 0 radical (unpaired) electrons. The molecule has 2 N–H and O–H groups in total. The third-order valence-corrected chi connectivity index (χ3v) is 3.64. The lowest BCUT2D eigenvalue weighted by molar-refractivity contribution is -0.138. The maximum Gasteiger partial charge on any atom is 0.250 e. The summed E-state index contributed by atoms with van der Waals surface area (Å²) in [6.07, 6.45) is -0.459. The number of hydrogen-bond donors (Lipinski definition) is 2. The van der Waals surface area contributed by atoms with Crippen LogP contribution in [0.4, 0.5) is 0 Å². The predicted octanol–water partition coefficient (Wildman–Crippen LogP) is 0.356. The standard InChI is InChI=1S/C15H22N2O5/c1-16-15(19)13-9-17(4-5-22-13)8-10-6-11(20-2)14(18)12(7-10)21-3/h6-7,13,18H,4-5,8-9H2,1-3H3,(H,16,19)/t13-/m1/s1. The quantitative estimate of drug-likeness (QED) is 0.817. The Kier molecular flexibility index (Phi) is 5.46. The van der Waals surface area contributed by atoms with Crippen molar-refractivity contribution in [3.63, 3.8) is 0 Å². The number of rotatable bonds is 5. The van der Waals surface area contributed by atoms with Gasteiger partial charge in [0.25, 0.3) is 0 Å². The average molecular weight is 310 g/mol. The molecule has 0 spiro atoms. The van der Waals surface area contributed by atoms with Crippen LogP contribution >= 0.6 is 0 Å². The second-order valence-electron chi connectivity index (χ2n) is 5.06. The van der Waals surface area contributed by atoms with Gasteiger partial charge in [0.05, 0.1) is 20.8 Å². The van der Waals surface area contributed by atoms with Crippen LogP contribution in [0.2, 0.25) is 0 Å². The molecule has 7 nitrogen and oxygen atoms in total. The van der Waals surface area contributed by atoms with Gasteiger partial charge < -0.3 is 24.6 Å². The fraction of sp³-hybridized carbons (Fsp3) is 0.533. The molecule has 1 aliphatic heterocycles. The van der Waals surface area contributed by atoms with Gasteiger partial charge in [0.15, 0.2) is 11.5 Å². The Hall–Kier alpha value is -1.99. The Morgan fingerprint density at radius 2 is 2.05 bits per heavy atom. The van der Waals surface area contributed by atoms with Crippen LogP contribution in [0.25, 0.3) is 0 Å². The van der Waals surface area contributed by atoms with Gasteiger partial charge >= 0.3 is 0 Å². The molecule has 0 bridgehead atoms. The molecular formula is C15H22N2O5. The highest BCUT2D eigenvalue weighted by atomic mass is 16.5. The molecule has 1 fully saturated rings. The fourth-order valence-electron chi connectivity index (χ4n) is 2.46. The van der Waals surface area contributed by atoms with Crippen molar-refractivity contribution in [2.45, 2.75) is 12.6 Å². The Bertz CT molecular complexity index is 510. The van der Waals surface area contributed by atoms with Gasteiger partial charge in [-0.3, -0.25) is 9.69 Å². The van der Waals surface area contributed by atoms with E-state index in [4.69, 9.17) is 14.2 Å². The number of hydrogen-bond acceptors (Lipinski definition) is 6. The topological polar surface area (TPSA) is 80.3 Å². The first-order valence-corrected chi connectivity index (χ1v) is 7.08. The number of nitrogens with one attached hydrogen (secondary N) is 1. The number of carbonyl (C=O) groups is 1. The van der Waals surface area contributed by atoms with E-state index in [0.29, 0.717) is 31.2 Å². The number of methoxy groups -OCH3 is 2. The number of nitrogens with zero attached hydrogens (tertiary/aromatic N) is 1. The summed E-state index contributed by atoms with van der Waals surface area (Å²) in [6.45, 7) is 2.37. The summed E-state index contributed by atoms with van der Waals surface area (Å²) in [7, 11) is 4.59. The van der Waals surface area contributed by atoms with Crippen LogP contribution < -0.4 is 14.8 Å². The van der Waals surface area contributed by atoms with E-state index >= 15 is 0 Å². The normalized spacial score (nSPS) is 18.8. The molecule has 1 saturated heterocycles. The highest BCUT2D eigenvalue weighted by molar-refractivity contribution is 5.80. The number of amides is 1. The fourth-order valence-corrected chi connectivity index (χ4v) is 2.46. The lowest BCUT2D eigenvalue weighted by Crippen LogP contribution is -2.48. The molecule has 7 heteroatoms. The monoisotopic (exact) mass is 310 g/mol. The zero-order chi connectivity index (χ0) is 16.1. The molecule has 0 saturated carbocycles. The minimum atomic E-state index is -0.459. The molecule has 1 atom stereocenters. The van der Waals surface area contributed by atoms with Crippen molar-refractivity contribution < 1.29 is 24.1 Å². The van der Waals surface area contributed by atoms with Gasteiger partial charge in [-0.1, -0.05) is 0 Å². The van der Waals surface area contributed by atoms with Crippen molar-refractivity contribution in [3.05, 3.63) is 17.7 Å². The zero-order valence-corrected chi connectivity index (χ0v) is 13.1. The van der Waals surface area contributed by atoms with Crippen LogP contribution in [0.15, 0.2) is 12.1 Å². The minimum absolute atomic E-state index is 0.0148. The van der Waals surface area contributed by atoms with Crippen molar-refractivity contribution in [2.24, 2.45) is 0 Å². The highest BCUT2D eigenvalue weighted by Gasteiger charge is 2.26. The van der Waals surface area contributed by atoms with Crippen molar-refractivity contribution in [2.75, 3.05) is 41.0 Å². The van der Waals surface area contributed by atoms with Crippen molar-refractivity contribution >= 4 is 5.91 Å². The molecule has 0 aromatic heterocycles. The molecule has 2 rings (SSSR count). The number of likely N-dealkylation sites (N-methyl/N-ethyl adjacent to an activating group) is 1. The molecule has 0 unspecified atom stereocenters. The van der Waals surface area contributed by atoms with E-state index in [1.165, 1.54) is 14.2 Å². The van der Waals surface area contributed by atoms with Crippen LogP contribution in [-0.2, 0) is 16.1 Å². The third-order valence-electron chi connectivity index (χ3n) is 3.64. The summed E-state index contributed by atoms with van der Waals surface area (Å²) in [5, 5.41) is 12.5. The smallest absolute Gasteiger partial charge is 0.250 e. The molecule has 1 aromatic rings. The zero-order valence-electron chi connectivity index (χ0n) is 13.1. The van der Waals surface area contributed by atoms with E-state index in [2.05, 4.69) is 10.2 Å². The number of morpholine rings is 1. The van der Waals surface area contributed by atoms with E-state index < -0.39 is 6.10 Å². The molecule has 0 aliphatic carbocycles. The van der Waals surface area contributed by atoms with E-state index in [9.17, 15) is 9.90 Å². The lowest BCUT2D eigenvalue weighted by atomic mass is 10.1. The number of benzene rings is 1. The first kappa shape index (κ1) is 16.4. The maximum absolute atomic E-state index is 11.7. The first-order chi connectivity index (χ1) is 10.6. The Morgan fingerprint density at radius 1 is 1.41 bits per heavy atom. The van der Waals surface area contributed by atoms with Gasteiger partial charge in [-0.05, 0) is 17.7 Å². The van der Waals surface area contributed by atoms with E-state index in [0.717, 1.165) is 12.1 Å². The number of ether oxygens (including phenoxy) is 3. The van der Waals surface area contributed by atoms with Gasteiger partial charge in [-0.15, -0.1) is 0 Å². The van der Waals surface area contributed by atoms with Gasteiger partial charge in [0.1, 0.15) is 6.10 Å². The largest absolute Gasteiger partial charge is 0.502 e. The van der Waals surface area contributed by atoms with Crippen LogP contribution in [0, 0.1) is 0 Å². The van der Waals surface area contributed by atoms with Crippen LogP contribution in [-0.4, -0.2) is 63.0 Å². The number of aromatic hydroxyl groups is 1. The van der Waals surface area contributed by atoms with Crippen molar-refractivity contribution in [1.29, 1.82) is 0 Å². The SMILES string of the molecule is CNC(=O)[C@H]1CN(Cc2cc(OC)c(O)c(OC)c2)CCO1. The summed E-state index contributed by atoms with van der Waals surface area (Å²) in [5.74, 6) is 0.598. The second kappa shape index (κ2) is 7.33. The molecule has 1 aliphatic rings. The second-order valence-corrected chi connectivity index (χ2v) is 5.06. The highest BCUT2D eigenvalue weighted by Crippen LogP contribution is 2.37. The summed E-state index contributed by atoms with van der Waals surface area (Å²) in [4.78, 5) is 13.8. The summed E-state index contributed by atoms with van der Waals surface area (Å²) in [5.41, 5.74) is 0.934. The molecular weight excluding hydrogens is 288 g/mol. The van der Waals surface area contributed by atoms with Gasteiger partial charge in [-0.25, -0.2) is 0 Å². The summed E-state index contributed by atoms with van der Waals surface area (Å²) < 4.78 is 15.8. The van der Waals surface area contributed by atoms with Crippen LogP contribution in [0.3, 0.4) is 0 Å². The number of phenolic OH excluding ortho intramolecular Hbond substituents is 1. The summed E-state index contributed by atoms with van der Waals surface area (Å²) >= 11 is 0. The number of carbonyl (C=O) groups excluding carboxylic acids is 1. The maximum atomic E-state index is 11.7. The van der Waals surface area contributed by atoms with Crippen molar-refractivity contribution in [3.8, 4) is 17.2 Å². The average Bonchev–Trinajstić information content (AvgIpc) is 2.55. The first-order valence-electron chi connectivity index (χ1n) is 7.08. The van der Waals surface area contributed by atoms with Crippen molar-refractivity contribution in [1.82, 2.24) is 10.2 Å². The van der Waals surface area contributed by atoms with Gasteiger partial charge in [-0.2, -0.15) is 0 Å². The molecule has 1 aromatic carbocycles. The van der Waals surface area contributed by atoms with Gasteiger partial charge in [0.2, 0.25) is 11.7 Å². The Morgan fingerprint density at radius 3 is 2.59 bits per heavy atom. The van der Waals surface area contributed by atoms with Crippen LogP contribution in [0.5, 0.6) is 17.2 Å². The third kappa shape index (κ3) is 3.61. The molecule has 1 amide bonds. The Labute approximate surface area is 129 Å². The van der Waals surface area contributed by atoms with E-state index in [-0.39, 0.29) is 11.7 Å².